The Morgan fingerprint density at radius 1 is 1.12 bits per heavy atom. The van der Waals surface area contributed by atoms with E-state index in [0.29, 0.717) is 23.3 Å². The summed E-state index contributed by atoms with van der Waals surface area (Å²) in [4.78, 5) is 23.9. The van der Waals surface area contributed by atoms with Crippen LogP contribution in [0.3, 0.4) is 0 Å². The molecule has 0 saturated heterocycles. The fourth-order valence-corrected chi connectivity index (χ4v) is 3.40. The minimum absolute atomic E-state index is 0.0126. The average molecular weight is 438 g/mol. The molecule has 1 N–H and O–H groups in total. The van der Waals surface area contributed by atoms with Gasteiger partial charge in [0.2, 0.25) is 6.29 Å². The van der Waals surface area contributed by atoms with Crippen LogP contribution in [0, 0.1) is 5.82 Å². The number of cyclic esters (lactones) is 1. The third kappa shape index (κ3) is 4.40. The van der Waals surface area contributed by atoms with E-state index in [-0.39, 0.29) is 41.5 Å². The normalized spacial score (nSPS) is 14.8. The van der Waals surface area contributed by atoms with Gasteiger partial charge in [-0.15, -0.1) is 0 Å². The number of hydrogen-bond acceptors (Lipinski definition) is 7. The molecule has 8 heteroatoms. The van der Waals surface area contributed by atoms with E-state index in [1.54, 1.807) is 24.3 Å². The highest BCUT2D eigenvalue weighted by Crippen LogP contribution is 2.38. The minimum Gasteiger partial charge on any atom is -0.492 e. The highest BCUT2D eigenvalue weighted by Gasteiger charge is 2.31. The van der Waals surface area contributed by atoms with E-state index >= 15 is 0 Å². The van der Waals surface area contributed by atoms with Gasteiger partial charge >= 0.3 is 5.97 Å². The Morgan fingerprint density at radius 2 is 1.78 bits per heavy atom. The van der Waals surface area contributed by atoms with Crippen molar-refractivity contribution in [2.75, 3.05) is 7.11 Å². The summed E-state index contributed by atoms with van der Waals surface area (Å²) in [5.41, 5.74) is 1.44. The lowest BCUT2D eigenvalue weighted by Gasteiger charge is -2.24. The molecule has 3 aromatic carbocycles. The van der Waals surface area contributed by atoms with E-state index < -0.39 is 12.3 Å². The number of benzene rings is 3. The molecule has 0 fully saturated rings. The molecule has 1 aliphatic rings. The van der Waals surface area contributed by atoms with Gasteiger partial charge < -0.3 is 24.1 Å². The molecule has 4 rings (SSSR count). The maximum absolute atomic E-state index is 13.0. The van der Waals surface area contributed by atoms with Crippen LogP contribution in [0.2, 0.25) is 0 Å². The predicted molar refractivity (Wildman–Crippen MR) is 111 cm³/mol. The Labute approximate surface area is 182 Å². The van der Waals surface area contributed by atoms with E-state index in [9.17, 15) is 19.1 Å². The lowest BCUT2D eigenvalue weighted by Crippen LogP contribution is -2.28. The zero-order valence-electron chi connectivity index (χ0n) is 17.0. The number of carbonyl (C=O) groups excluding carboxylic acids is 2. The number of ether oxygens (including phenoxy) is 4. The van der Waals surface area contributed by atoms with Crippen LogP contribution in [0.25, 0.3) is 0 Å². The number of fused-ring (bicyclic) bond motifs is 1. The Kier molecular flexibility index (Phi) is 6.04. The summed E-state index contributed by atoms with van der Waals surface area (Å²) in [6.07, 6.45) is -0.764. The molecule has 0 amide bonds. The molecule has 0 spiro atoms. The zero-order chi connectivity index (χ0) is 22.7. The van der Waals surface area contributed by atoms with Crippen LogP contribution in [0.5, 0.6) is 23.0 Å². The van der Waals surface area contributed by atoms with Gasteiger partial charge in [0.05, 0.1) is 18.2 Å². The van der Waals surface area contributed by atoms with Crippen molar-refractivity contribution in [3.63, 3.8) is 0 Å². The van der Waals surface area contributed by atoms with Gasteiger partial charge in [0, 0.05) is 6.42 Å². The number of aliphatic hydroxyl groups is 1. The van der Waals surface area contributed by atoms with Gasteiger partial charge in [-0.25, -0.2) is 9.18 Å². The van der Waals surface area contributed by atoms with E-state index in [4.69, 9.17) is 18.9 Å². The third-order valence-electron chi connectivity index (χ3n) is 4.92. The van der Waals surface area contributed by atoms with E-state index in [0.717, 1.165) is 5.56 Å². The van der Waals surface area contributed by atoms with E-state index in [1.807, 2.05) is 0 Å². The van der Waals surface area contributed by atoms with Crippen molar-refractivity contribution >= 4 is 12.3 Å². The molecule has 1 unspecified atom stereocenters. The maximum atomic E-state index is 13.0. The molecule has 0 radical (unpaired) electrons. The molecular weight excluding hydrogens is 419 g/mol. The molecule has 1 atom stereocenters. The number of aldehydes is 1. The summed E-state index contributed by atoms with van der Waals surface area (Å²) in [6.45, 7) is 0.127. The topological polar surface area (TPSA) is 91.3 Å². The summed E-state index contributed by atoms with van der Waals surface area (Å²) >= 11 is 0. The Bertz CT molecular complexity index is 1140. The lowest BCUT2D eigenvalue weighted by molar-refractivity contribution is -0.0688. The zero-order valence-corrected chi connectivity index (χ0v) is 17.0. The summed E-state index contributed by atoms with van der Waals surface area (Å²) in [6, 6.07) is 14.2. The van der Waals surface area contributed by atoms with Gasteiger partial charge in [0.25, 0.3) is 0 Å². The number of aliphatic hydroxyl groups excluding tert-OH is 1. The molecule has 1 heterocycles. The first-order valence-corrected chi connectivity index (χ1v) is 9.71. The van der Waals surface area contributed by atoms with Crippen LogP contribution in [0.4, 0.5) is 4.39 Å². The molecule has 3 aromatic rings. The van der Waals surface area contributed by atoms with Crippen LogP contribution >= 0.6 is 0 Å². The standard InChI is InChI=1S/C24H19FO7/c1-29-23-20(12-26)18-11-22(27)32-24(28)19(18)10-21(23)30-13-14-2-6-16(7-3-14)31-17-8-4-15(25)5-9-17/h2-10,12,22,27H,11,13H2,1H3. The number of esters is 1. The number of halogens is 1. The third-order valence-corrected chi connectivity index (χ3v) is 4.92. The summed E-state index contributed by atoms with van der Waals surface area (Å²) in [5, 5.41) is 9.70. The van der Waals surface area contributed by atoms with Gasteiger partial charge in [0.15, 0.2) is 17.8 Å². The molecule has 0 aliphatic carbocycles. The second kappa shape index (κ2) is 9.07. The van der Waals surface area contributed by atoms with Crippen LogP contribution in [-0.4, -0.2) is 30.8 Å². The maximum Gasteiger partial charge on any atom is 0.340 e. The molecule has 32 heavy (non-hydrogen) atoms. The lowest BCUT2D eigenvalue weighted by atomic mass is 9.95. The molecule has 0 saturated carbocycles. The molecule has 0 bridgehead atoms. The van der Waals surface area contributed by atoms with Gasteiger partial charge in [0.1, 0.15) is 23.9 Å². The smallest absolute Gasteiger partial charge is 0.340 e. The van der Waals surface area contributed by atoms with Crippen LogP contribution in [-0.2, 0) is 17.8 Å². The summed E-state index contributed by atoms with van der Waals surface area (Å²) in [7, 11) is 1.39. The van der Waals surface area contributed by atoms with Crippen molar-refractivity contribution < 1.29 is 38.0 Å². The number of hydrogen-bond donors (Lipinski definition) is 1. The largest absolute Gasteiger partial charge is 0.492 e. The van der Waals surface area contributed by atoms with Gasteiger partial charge in [-0.1, -0.05) is 12.1 Å². The Morgan fingerprint density at radius 3 is 2.41 bits per heavy atom. The average Bonchev–Trinajstić information content (AvgIpc) is 2.79. The highest BCUT2D eigenvalue weighted by atomic mass is 19.1. The minimum atomic E-state index is -1.32. The van der Waals surface area contributed by atoms with Crippen molar-refractivity contribution in [3.05, 3.63) is 82.7 Å². The fraction of sp³-hybridized carbons (Fsp3) is 0.167. The first kappa shape index (κ1) is 21.3. The van der Waals surface area contributed by atoms with Crippen molar-refractivity contribution in [1.29, 1.82) is 0 Å². The van der Waals surface area contributed by atoms with E-state index in [2.05, 4.69) is 0 Å². The quantitative estimate of drug-likeness (QED) is 0.440. The number of methoxy groups -OCH3 is 1. The highest BCUT2D eigenvalue weighted by molar-refractivity contribution is 5.97. The molecule has 7 nitrogen and oxygen atoms in total. The molecule has 1 aliphatic heterocycles. The van der Waals surface area contributed by atoms with Crippen molar-refractivity contribution in [3.8, 4) is 23.0 Å². The van der Waals surface area contributed by atoms with Gasteiger partial charge in [-0.3, -0.25) is 4.79 Å². The molecule has 164 valence electrons. The fourth-order valence-electron chi connectivity index (χ4n) is 3.40. The van der Waals surface area contributed by atoms with Gasteiger partial charge in [-0.05, 0) is 53.6 Å². The first-order valence-electron chi connectivity index (χ1n) is 9.71. The van der Waals surface area contributed by atoms with Crippen molar-refractivity contribution in [1.82, 2.24) is 0 Å². The van der Waals surface area contributed by atoms with Crippen molar-refractivity contribution in [2.45, 2.75) is 19.3 Å². The van der Waals surface area contributed by atoms with Gasteiger partial charge in [-0.2, -0.15) is 0 Å². The SMILES string of the molecule is COc1c(OCc2ccc(Oc3ccc(F)cc3)cc2)cc2c(c1C=O)CC(O)OC2=O. The van der Waals surface area contributed by atoms with Crippen LogP contribution in [0.1, 0.15) is 31.8 Å². The van der Waals surface area contributed by atoms with Crippen LogP contribution in [0.15, 0.2) is 54.6 Å². The second-order valence-corrected chi connectivity index (χ2v) is 7.02. The Hall–Kier alpha value is -3.91. The molecular formula is C24H19FO7. The Balaban J connectivity index is 1.52. The second-order valence-electron chi connectivity index (χ2n) is 7.02. The van der Waals surface area contributed by atoms with Crippen LogP contribution < -0.4 is 14.2 Å². The monoisotopic (exact) mass is 438 g/mol. The summed E-state index contributed by atoms with van der Waals surface area (Å²) in [5.74, 6) is 0.371. The van der Waals surface area contributed by atoms with Crippen molar-refractivity contribution in [2.24, 2.45) is 0 Å². The van der Waals surface area contributed by atoms with E-state index in [1.165, 1.54) is 37.4 Å². The number of carbonyl (C=O) groups is 2. The summed E-state index contributed by atoms with van der Waals surface area (Å²) < 4.78 is 34.7. The molecule has 0 aromatic heterocycles. The predicted octanol–water partition coefficient (Wildman–Crippen LogP) is 4.05. The first-order chi connectivity index (χ1) is 15.5. The number of rotatable bonds is 7.